The maximum atomic E-state index is 13.9. The van der Waals surface area contributed by atoms with Crippen molar-refractivity contribution in [3.63, 3.8) is 0 Å². The van der Waals surface area contributed by atoms with Crippen LogP contribution in [-0.4, -0.2) is 43.8 Å². The molecular weight excluding hydrogens is 505 g/mol. The number of anilines is 1. The van der Waals surface area contributed by atoms with Gasteiger partial charge in [-0.1, -0.05) is 42.5 Å². The molecule has 0 heterocycles. The molecule has 0 aliphatic carbocycles. The number of sulfonamides is 1. The number of carbonyl (C=O) groups is 2. The molecule has 1 N–H and O–H groups in total. The molecule has 3 aromatic rings. The van der Waals surface area contributed by atoms with Gasteiger partial charge in [-0.05, 0) is 81.6 Å². The second kappa shape index (κ2) is 12.2. The van der Waals surface area contributed by atoms with Crippen LogP contribution in [0.1, 0.15) is 37.5 Å². The number of amides is 2. The first kappa shape index (κ1) is 28.8. The molecule has 0 aromatic heterocycles. The molecule has 0 saturated carbocycles. The molecule has 1 atom stereocenters. The van der Waals surface area contributed by atoms with Crippen LogP contribution in [0.2, 0.25) is 0 Å². The largest absolute Gasteiger partial charge is 0.352 e. The average Bonchev–Trinajstić information content (AvgIpc) is 2.88. The fourth-order valence-corrected chi connectivity index (χ4v) is 5.51. The van der Waals surface area contributed by atoms with Gasteiger partial charge in [-0.15, -0.1) is 0 Å². The van der Waals surface area contributed by atoms with Gasteiger partial charge >= 0.3 is 0 Å². The molecule has 0 fully saturated rings. The zero-order chi connectivity index (χ0) is 28.0. The Morgan fingerprint density at radius 2 is 1.53 bits per heavy atom. The van der Waals surface area contributed by atoms with Gasteiger partial charge in [-0.25, -0.2) is 12.8 Å². The quantitative estimate of drug-likeness (QED) is 0.409. The normalized spacial score (nSPS) is 12.2. The Balaban J connectivity index is 2.06. The van der Waals surface area contributed by atoms with Crippen molar-refractivity contribution in [2.75, 3.05) is 10.8 Å². The topological polar surface area (TPSA) is 86.8 Å². The van der Waals surface area contributed by atoms with Gasteiger partial charge < -0.3 is 10.2 Å². The van der Waals surface area contributed by atoms with Crippen LogP contribution < -0.4 is 9.62 Å². The van der Waals surface area contributed by atoms with Crippen molar-refractivity contribution in [3.05, 3.63) is 95.3 Å². The van der Waals surface area contributed by atoms with Gasteiger partial charge in [0.25, 0.3) is 10.0 Å². The third-order valence-electron chi connectivity index (χ3n) is 6.32. The summed E-state index contributed by atoms with van der Waals surface area (Å²) in [5.41, 5.74) is 2.57. The van der Waals surface area contributed by atoms with Gasteiger partial charge in [0.1, 0.15) is 18.4 Å². The highest BCUT2D eigenvalue weighted by Crippen LogP contribution is 2.29. The summed E-state index contributed by atoms with van der Waals surface area (Å²) in [4.78, 5) is 28.2. The highest BCUT2D eigenvalue weighted by atomic mass is 32.2. The number of nitrogens with zero attached hydrogens (tertiary/aromatic N) is 2. The summed E-state index contributed by atoms with van der Waals surface area (Å²) >= 11 is 0. The molecule has 0 aliphatic rings. The number of hydrogen-bond donors (Lipinski definition) is 1. The monoisotopic (exact) mass is 539 g/mol. The molecule has 0 unspecified atom stereocenters. The van der Waals surface area contributed by atoms with Gasteiger partial charge in [0.05, 0.1) is 10.6 Å². The highest BCUT2D eigenvalue weighted by Gasteiger charge is 2.33. The zero-order valence-corrected chi connectivity index (χ0v) is 23.1. The SMILES string of the molecule is Cc1cccc(N(CC(=O)N(Cc2ccc(F)cc2)[C@@H](C)C(=O)NC(C)C)S(=O)(=O)c2ccccc2)c1C. The molecule has 38 heavy (non-hydrogen) atoms. The number of nitrogens with one attached hydrogen (secondary N) is 1. The summed E-state index contributed by atoms with van der Waals surface area (Å²) in [6.45, 7) is 8.36. The fraction of sp³-hybridized carbons (Fsp3) is 0.310. The van der Waals surface area contributed by atoms with E-state index < -0.39 is 34.3 Å². The lowest BCUT2D eigenvalue weighted by atomic mass is 10.1. The summed E-state index contributed by atoms with van der Waals surface area (Å²) in [5, 5.41) is 2.81. The van der Waals surface area contributed by atoms with Gasteiger partial charge in [-0.3, -0.25) is 13.9 Å². The Labute approximate surface area is 224 Å². The molecule has 0 saturated heterocycles. The highest BCUT2D eigenvalue weighted by molar-refractivity contribution is 7.92. The molecule has 7 nitrogen and oxygen atoms in total. The van der Waals surface area contributed by atoms with Crippen molar-refractivity contribution in [2.45, 2.75) is 58.1 Å². The standard InChI is InChI=1S/C29H34FN3O4S/c1-20(2)31-29(35)23(5)32(18-24-14-16-25(30)17-15-24)28(34)19-33(27-13-9-10-21(3)22(27)4)38(36,37)26-11-7-6-8-12-26/h6-17,20,23H,18-19H2,1-5H3,(H,31,35)/t23-/m0/s1. The third kappa shape index (κ3) is 6.77. The van der Waals surface area contributed by atoms with Crippen LogP contribution in [0.15, 0.2) is 77.7 Å². The number of hydrogen-bond acceptors (Lipinski definition) is 4. The number of halogens is 1. The Kier molecular flexibility index (Phi) is 9.27. The summed E-state index contributed by atoms with van der Waals surface area (Å²) in [6, 6.07) is 17.7. The summed E-state index contributed by atoms with van der Waals surface area (Å²) in [5.74, 6) is -1.37. The van der Waals surface area contributed by atoms with Crippen molar-refractivity contribution in [1.82, 2.24) is 10.2 Å². The van der Waals surface area contributed by atoms with Crippen LogP contribution in [0.5, 0.6) is 0 Å². The van der Waals surface area contributed by atoms with Crippen LogP contribution in [0, 0.1) is 19.7 Å². The first-order chi connectivity index (χ1) is 17.9. The average molecular weight is 540 g/mol. The van der Waals surface area contributed by atoms with E-state index in [1.165, 1.54) is 41.3 Å². The minimum Gasteiger partial charge on any atom is -0.352 e. The summed E-state index contributed by atoms with van der Waals surface area (Å²) in [6.07, 6.45) is 0. The van der Waals surface area contributed by atoms with Crippen molar-refractivity contribution >= 4 is 27.5 Å². The number of carbonyl (C=O) groups excluding carboxylic acids is 2. The van der Waals surface area contributed by atoms with Gasteiger partial charge in [0.15, 0.2) is 0 Å². The van der Waals surface area contributed by atoms with E-state index in [9.17, 15) is 22.4 Å². The molecule has 0 spiro atoms. The molecular formula is C29H34FN3O4S. The van der Waals surface area contributed by atoms with Crippen molar-refractivity contribution in [1.29, 1.82) is 0 Å². The Morgan fingerprint density at radius 3 is 2.13 bits per heavy atom. The minimum atomic E-state index is -4.13. The maximum Gasteiger partial charge on any atom is 0.264 e. The van der Waals surface area contributed by atoms with E-state index in [2.05, 4.69) is 5.32 Å². The molecule has 0 aliphatic heterocycles. The summed E-state index contributed by atoms with van der Waals surface area (Å²) < 4.78 is 42.3. The molecule has 2 amide bonds. The van der Waals surface area contributed by atoms with Gasteiger partial charge in [-0.2, -0.15) is 0 Å². The second-order valence-corrected chi connectivity index (χ2v) is 11.4. The number of aryl methyl sites for hydroxylation is 1. The third-order valence-corrected chi connectivity index (χ3v) is 8.09. The molecule has 3 rings (SSSR count). The maximum absolute atomic E-state index is 13.9. The number of rotatable bonds is 10. The first-order valence-electron chi connectivity index (χ1n) is 12.4. The Bertz CT molecular complexity index is 1380. The van der Waals surface area contributed by atoms with Crippen LogP contribution in [0.3, 0.4) is 0 Å². The Hall–Kier alpha value is -3.72. The molecule has 9 heteroatoms. The van der Waals surface area contributed by atoms with E-state index in [4.69, 9.17) is 0 Å². The predicted molar refractivity (Wildman–Crippen MR) is 147 cm³/mol. The first-order valence-corrected chi connectivity index (χ1v) is 13.8. The molecule has 3 aromatic carbocycles. The predicted octanol–water partition coefficient (Wildman–Crippen LogP) is 4.58. The molecule has 0 bridgehead atoms. The van der Waals surface area contributed by atoms with Crippen LogP contribution in [0.4, 0.5) is 10.1 Å². The van der Waals surface area contributed by atoms with Crippen molar-refractivity contribution in [2.24, 2.45) is 0 Å². The van der Waals surface area contributed by atoms with E-state index in [0.717, 1.165) is 15.4 Å². The zero-order valence-electron chi connectivity index (χ0n) is 22.3. The van der Waals surface area contributed by atoms with Crippen LogP contribution in [-0.2, 0) is 26.2 Å². The van der Waals surface area contributed by atoms with E-state index in [1.807, 2.05) is 26.8 Å². The lowest BCUT2D eigenvalue weighted by Gasteiger charge is -2.33. The van der Waals surface area contributed by atoms with E-state index in [1.54, 1.807) is 44.2 Å². The lowest BCUT2D eigenvalue weighted by Crippen LogP contribution is -2.52. The molecule has 0 radical (unpaired) electrons. The summed E-state index contributed by atoms with van der Waals surface area (Å²) in [7, 11) is -4.13. The number of benzene rings is 3. The van der Waals surface area contributed by atoms with Gasteiger partial charge in [0, 0.05) is 12.6 Å². The van der Waals surface area contributed by atoms with Crippen LogP contribution in [0.25, 0.3) is 0 Å². The minimum absolute atomic E-state index is 0.00216. The van der Waals surface area contributed by atoms with E-state index in [-0.39, 0.29) is 23.4 Å². The molecule has 202 valence electrons. The fourth-order valence-electron chi connectivity index (χ4n) is 4.01. The second-order valence-electron chi connectivity index (χ2n) is 9.53. The van der Waals surface area contributed by atoms with Crippen LogP contribution >= 0.6 is 0 Å². The lowest BCUT2D eigenvalue weighted by molar-refractivity contribution is -0.139. The Morgan fingerprint density at radius 1 is 0.895 bits per heavy atom. The smallest absolute Gasteiger partial charge is 0.264 e. The van der Waals surface area contributed by atoms with Crippen molar-refractivity contribution in [3.8, 4) is 0 Å². The van der Waals surface area contributed by atoms with Gasteiger partial charge in [0.2, 0.25) is 11.8 Å². The van der Waals surface area contributed by atoms with E-state index in [0.29, 0.717) is 11.3 Å². The van der Waals surface area contributed by atoms with E-state index >= 15 is 0 Å². The van der Waals surface area contributed by atoms with Crippen molar-refractivity contribution < 1.29 is 22.4 Å².